The summed E-state index contributed by atoms with van der Waals surface area (Å²) in [6.07, 6.45) is 0. The van der Waals surface area contributed by atoms with Crippen LogP contribution < -0.4 is 0 Å². The molecule has 0 unspecified atom stereocenters. The Kier molecular flexibility index (Phi) is 4.39. The minimum atomic E-state index is 0. The van der Waals surface area contributed by atoms with Crippen LogP contribution in [0.3, 0.4) is 0 Å². The lowest BCUT2D eigenvalue weighted by atomic mass is 10.4. The summed E-state index contributed by atoms with van der Waals surface area (Å²) in [5.41, 5.74) is 0. The number of rotatable bonds is 0. The predicted molar refractivity (Wildman–Crippen MR) is 61.3 cm³/mol. The summed E-state index contributed by atoms with van der Waals surface area (Å²) < 4.78 is 0. The van der Waals surface area contributed by atoms with Crippen molar-refractivity contribution in [2.24, 2.45) is 0 Å². The maximum atomic E-state index is 2.00. The van der Waals surface area contributed by atoms with E-state index in [-0.39, 0.29) is 5.71 Å². The van der Waals surface area contributed by atoms with Crippen molar-refractivity contribution in [3.05, 3.63) is 72.8 Å². The Labute approximate surface area is 79.4 Å². The topological polar surface area (TPSA) is 0 Å². The van der Waals surface area contributed by atoms with Gasteiger partial charge in [0.05, 0.1) is 0 Å². The van der Waals surface area contributed by atoms with Crippen LogP contribution in [0.15, 0.2) is 72.8 Å². The van der Waals surface area contributed by atoms with E-state index in [2.05, 4.69) is 0 Å². The first-order valence-electron chi connectivity index (χ1n) is 4.00. The van der Waals surface area contributed by atoms with Gasteiger partial charge in [-0.25, -0.2) is 0 Å². The van der Waals surface area contributed by atoms with E-state index >= 15 is 0 Å². The second-order valence-electron chi connectivity index (χ2n) is 2.31. The van der Waals surface area contributed by atoms with Crippen molar-refractivity contribution in [1.29, 1.82) is 0 Å². The average Bonchev–Trinajstić information content (AvgIpc) is 2.24. The van der Waals surface area contributed by atoms with Gasteiger partial charge in [-0.15, -0.1) is 0 Å². The molecule has 2 aromatic rings. The predicted octanol–water partition coefficient (Wildman–Crippen LogP) is 4.36. The van der Waals surface area contributed by atoms with Gasteiger partial charge in [-0.3, -0.25) is 0 Å². The van der Waals surface area contributed by atoms with E-state index in [1.165, 1.54) is 0 Å². The summed E-state index contributed by atoms with van der Waals surface area (Å²) >= 11 is 0. The van der Waals surface area contributed by atoms with E-state index in [0.717, 1.165) is 0 Å². The molecule has 0 aromatic heterocycles. The minimum Gasteiger partial charge on any atom is -0.0623 e. The van der Waals surface area contributed by atoms with Crippen LogP contribution in [0.2, 0.25) is 0 Å². The lowest BCUT2D eigenvalue weighted by Gasteiger charge is -1.69. The smallest absolute Gasteiger partial charge is 0 e. The highest BCUT2D eigenvalue weighted by Crippen LogP contribution is 1.80. The standard InChI is InChI=1S/2C6H6.4H2/c2*1-2-4-6-5-3-1;;;;/h2*1-6H;4*1H. The Morgan fingerprint density at radius 3 is 0.417 bits per heavy atom. The van der Waals surface area contributed by atoms with Gasteiger partial charge in [0.15, 0.2) is 0 Å². The molecule has 68 valence electrons. The third kappa shape index (κ3) is 4.29. The van der Waals surface area contributed by atoms with Crippen molar-refractivity contribution in [1.82, 2.24) is 0 Å². The Bertz CT molecular complexity index is 188. The summed E-state index contributed by atoms with van der Waals surface area (Å²) in [4.78, 5) is 0. The molecule has 0 fully saturated rings. The molecule has 0 N–H and O–H groups in total. The zero-order chi connectivity index (χ0) is 8.49. The van der Waals surface area contributed by atoms with Crippen LogP contribution in [-0.2, 0) is 0 Å². The molecule has 0 amide bonds. The second-order valence-corrected chi connectivity index (χ2v) is 2.31. The minimum absolute atomic E-state index is 0. The van der Waals surface area contributed by atoms with Gasteiger partial charge in [0, 0.05) is 5.71 Å². The summed E-state index contributed by atoms with van der Waals surface area (Å²) in [6, 6.07) is 24.0. The number of hydrogen-bond donors (Lipinski definition) is 0. The lowest BCUT2D eigenvalue weighted by Crippen LogP contribution is -1.47. The van der Waals surface area contributed by atoms with Crippen molar-refractivity contribution >= 4 is 0 Å². The molecule has 0 heteroatoms. The van der Waals surface area contributed by atoms with Crippen molar-refractivity contribution in [2.45, 2.75) is 0 Å². The van der Waals surface area contributed by atoms with Crippen molar-refractivity contribution in [3.63, 3.8) is 0 Å². The SMILES string of the molecule is [HH].[HH].[HH].[HH].c1ccccc1.c1ccccc1. The monoisotopic (exact) mass is 164 g/mol. The Morgan fingerprint density at radius 2 is 0.333 bits per heavy atom. The van der Waals surface area contributed by atoms with Crippen molar-refractivity contribution in [3.8, 4) is 0 Å². The van der Waals surface area contributed by atoms with E-state index in [0.29, 0.717) is 0 Å². The number of benzene rings is 2. The Morgan fingerprint density at radius 1 is 0.250 bits per heavy atom. The molecule has 0 bridgehead atoms. The molecule has 0 saturated carbocycles. The van der Waals surface area contributed by atoms with Crippen LogP contribution in [0.4, 0.5) is 0 Å². The van der Waals surface area contributed by atoms with Crippen LogP contribution in [0.5, 0.6) is 0 Å². The van der Waals surface area contributed by atoms with Gasteiger partial charge in [-0.05, 0) is 0 Å². The zero-order valence-corrected chi connectivity index (χ0v) is 6.93. The largest absolute Gasteiger partial charge is 0.0623 e. The fourth-order valence-corrected chi connectivity index (χ4v) is 0.770. The van der Waals surface area contributed by atoms with Crippen LogP contribution in [0.1, 0.15) is 5.71 Å². The van der Waals surface area contributed by atoms with Gasteiger partial charge in [-0.1, -0.05) is 72.8 Å². The van der Waals surface area contributed by atoms with Gasteiger partial charge >= 0.3 is 0 Å². The first kappa shape index (κ1) is 8.54. The second kappa shape index (κ2) is 6.17. The molecular formula is C12H20. The molecule has 12 heavy (non-hydrogen) atoms. The molecule has 0 radical (unpaired) electrons. The highest BCUT2D eigenvalue weighted by atomic mass is 13.7. The molecule has 0 aliphatic carbocycles. The molecule has 0 aliphatic rings. The maximum Gasteiger partial charge on any atom is 0 e. The quantitative estimate of drug-likeness (QED) is 0.543. The Hall–Kier alpha value is -1.56. The van der Waals surface area contributed by atoms with Gasteiger partial charge in [-0.2, -0.15) is 0 Å². The normalized spacial score (nSPS) is 8.00. The van der Waals surface area contributed by atoms with E-state index in [4.69, 9.17) is 0 Å². The molecular weight excluding hydrogens is 144 g/mol. The van der Waals surface area contributed by atoms with Gasteiger partial charge in [0.2, 0.25) is 0 Å². The summed E-state index contributed by atoms with van der Waals surface area (Å²) in [7, 11) is 0. The zero-order valence-electron chi connectivity index (χ0n) is 6.93. The molecule has 0 atom stereocenters. The molecule has 0 spiro atoms. The number of hydrogen-bond acceptors (Lipinski definition) is 0. The van der Waals surface area contributed by atoms with Crippen molar-refractivity contribution in [2.75, 3.05) is 0 Å². The lowest BCUT2D eigenvalue weighted by molar-refractivity contribution is 1.72. The highest BCUT2D eigenvalue weighted by molar-refractivity contribution is 4.99. The molecule has 0 heterocycles. The highest BCUT2D eigenvalue weighted by Gasteiger charge is 1.58. The first-order chi connectivity index (χ1) is 6.00. The maximum absolute atomic E-state index is 2.00. The molecule has 0 saturated heterocycles. The fourth-order valence-electron chi connectivity index (χ4n) is 0.770. The molecule has 2 rings (SSSR count). The summed E-state index contributed by atoms with van der Waals surface area (Å²) in [6.45, 7) is 0. The van der Waals surface area contributed by atoms with Crippen LogP contribution >= 0.6 is 0 Å². The van der Waals surface area contributed by atoms with Crippen LogP contribution in [0.25, 0.3) is 0 Å². The summed E-state index contributed by atoms with van der Waals surface area (Å²) in [5.74, 6) is 0. The average molecular weight is 164 g/mol. The third-order valence-electron chi connectivity index (χ3n) is 1.33. The van der Waals surface area contributed by atoms with Crippen molar-refractivity contribution < 1.29 is 5.71 Å². The van der Waals surface area contributed by atoms with E-state index in [9.17, 15) is 0 Å². The van der Waals surface area contributed by atoms with Crippen LogP contribution in [0, 0.1) is 0 Å². The molecule has 2 aromatic carbocycles. The van der Waals surface area contributed by atoms with Gasteiger partial charge in [0.25, 0.3) is 0 Å². The molecule has 0 aliphatic heterocycles. The Balaban J connectivity index is -0.0000000720. The first-order valence-corrected chi connectivity index (χ1v) is 4.00. The summed E-state index contributed by atoms with van der Waals surface area (Å²) in [5, 5.41) is 0. The van der Waals surface area contributed by atoms with E-state index in [1.54, 1.807) is 0 Å². The van der Waals surface area contributed by atoms with E-state index < -0.39 is 0 Å². The third-order valence-corrected chi connectivity index (χ3v) is 1.33. The van der Waals surface area contributed by atoms with Gasteiger partial charge < -0.3 is 0 Å². The molecule has 0 nitrogen and oxygen atoms in total. The van der Waals surface area contributed by atoms with E-state index in [1.807, 2.05) is 72.8 Å². The fraction of sp³-hybridized carbons (Fsp3) is 0. The van der Waals surface area contributed by atoms with Crippen LogP contribution in [-0.4, -0.2) is 0 Å². The van der Waals surface area contributed by atoms with Gasteiger partial charge in [0.1, 0.15) is 0 Å².